The molecule has 0 bridgehead atoms. The summed E-state index contributed by atoms with van der Waals surface area (Å²) in [6.45, 7) is 0.810. The van der Waals surface area contributed by atoms with E-state index in [1.54, 1.807) is 65.0 Å². The zero-order chi connectivity index (χ0) is 35.8. The van der Waals surface area contributed by atoms with Crippen molar-refractivity contribution >= 4 is 39.3 Å². The number of methoxy groups -OCH3 is 2. The number of rotatable bonds is 16. The third-order valence-electron chi connectivity index (χ3n) is 9.36. The molecule has 0 aromatic heterocycles. The number of benzene rings is 4. The van der Waals surface area contributed by atoms with Crippen molar-refractivity contribution < 1.29 is 33.7 Å². The van der Waals surface area contributed by atoms with Crippen LogP contribution >= 0.6 is 21.6 Å². The van der Waals surface area contributed by atoms with Crippen LogP contribution in [0.15, 0.2) is 103 Å². The Labute approximate surface area is 306 Å². The van der Waals surface area contributed by atoms with E-state index in [2.05, 4.69) is 0 Å². The number of imide groups is 1. The largest absolute Gasteiger partial charge is 0.497 e. The summed E-state index contributed by atoms with van der Waals surface area (Å²) in [7, 11) is 6.48. The van der Waals surface area contributed by atoms with Crippen molar-refractivity contribution in [3.05, 3.63) is 131 Å². The fraction of sp³-hybridized carbons (Fsp3) is 0.325. The maximum absolute atomic E-state index is 13.6. The molecule has 0 aliphatic carbocycles. The zero-order valence-electron chi connectivity index (χ0n) is 28.7. The van der Waals surface area contributed by atoms with Gasteiger partial charge < -0.3 is 24.2 Å². The van der Waals surface area contributed by atoms with E-state index in [0.717, 1.165) is 33.9 Å². The molecule has 2 aliphatic heterocycles. The summed E-state index contributed by atoms with van der Waals surface area (Å²) >= 11 is 0. The van der Waals surface area contributed by atoms with Crippen molar-refractivity contribution in [3.63, 3.8) is 0 Å². The number of aliphatic hydroxyl groups excluding tert-OH is 1. The topological polar surface area (TPSA) is 106 Å². The van der Waals surface area contributed by atoms with Crippen molar-refractivity contribution in [2.24, 2.45) is 0 Å². The van der Waals surface area contributed by atoms with E-state index in [9.17, 15) is 19.5 Å². The molecule has 0 spiro atoms. The number of ether oxygens (including phenoxy) is 3. The molecule has 0 radical (unpaired) electrons. The van der Waals surface area contributed by atoms with E-state index < -0.39 is 11.7 Å². The molecular weight excluding hydrogens is 685 g/mol. The van der Waals surface area contributed by atoms with Gasteiger partial charge in [0.05, 0.1) is 44.1 Å². The smallest absolute Gasteiger partial charge is 0.261 e. The van der Waals surface area contributed by atoms with Crippen molar-refractivity contribution in [1.82, 2.24) is 9.80 Å². The molecule has 0 saturated carbocycles. The third-order valence-corrected chi connectivity index (χ3v) is 11.8. The lowest BCUT2D eigenvalue weighted by atomic mass is 9.80. The van der Waals surface area contributed by atoms with Gasteiger partial charge >= 0.3 is 0 Å². The second-order valence-electron chi connectivity index (χ2n) is 12.5. The van der Waals surface area contributed by atoms with Crippen LogP contribution in [0, 0.1) is 0 Å². The summed E-state index contributed by atoms with van der Waals surface area (Å²) in [5.74, 6) is 2.29. The van der Waals surface area contributed by atoms with Crippen molar-refractivity contribution in [3.8, 4) is 11.5 Å². The second-order valence-corrected chi connectivity index (χ2v) is 15.2. The number of aliphatic hydroxyl groups is 1. The summed E-state index contributed by atoms with van der Waals surface area (Å²) < 4.78 is 18.0. The van der Waals surface area contributed by atoms with Crippen molar-refractivity contribution in [2.75, 3.05) is 45.4 Å². The van der Waals surface area contributed by atoms with Gasteiger partial charge in [-0.3, -0.25) is 19.3 Å². The first-order valence-corrected chi connectivity index (χ1v) is 19.5. The summed E-state index contributed by atoms with van der Waals surface area (Å²) in [5.41, 5.74) is 2.61. The lowest BCUT2D eigenvalue weighted by Gasteiger charge is -2.38. The molecule has 6 rings (SSSR count). The average molecular weight is 727 g/mol. The minimum absolute atomic E-state index is 0.0176. The lowest BCUT2D eigenvalue weighted by Crippen LogP contribution is -2.42. The number of carbonyl (C=O) groups excluding carboxylic acids is 3. The van der Waals surface area contributed by atoms with Crippen LogP contribution in [0.2, 0.25) is 0 Å². The van der Waals surface area contributed by atoms with E-state index in [4.69, 9.17) is 14.2 Å². The maximum Gasteiger partial charge on any atom is 0.261 e. The number of nitrogens with zero attached hydrogens (tertiary/aromatic N) is 2. The standard InChI is InChI=1S/C40H42N2O7S2/c1-47-33-18-14-29(15-19-33)40(28-9-4-3-5-10-28,30-16-20-34(48-2)21-17-30)49-27-31-25-32(43)26-42(31)37(44)13-8-23-50-51-24-22-41-38(45)35-11-6-7-12-36(35)39(41)46/h3-7,9-12,14-21,31-32,43H,8,13,22-27H2,1-2H3/t31-,32+/m0/s1. The average Bonchev–Trinajstić information content (AvgIpc) is 3.67. The van der Waals surface area contributed by atoms with Gasteiger partial charge in [0.1, 0.15) is 17.1 Å². The molecular formula is C40H42N2O7S2. The van der Waals surface area contributed by atoms with Crippen LogP contribution in [0.3, 0.4) is 0 Å². The first-order chi connectivity index (χ1) is 24.8. The number of β-amino-alcohol motifs (C(OH)–C–C–N with tert-alkyl or cyclic N) is 1. The molecule has 1 saturated heterocycles. The monoisotopic (exact) mass is 726 g/mol. The minimum Gasteiger partial charge on any atom is -0.497 e. The zero-order valence-corrected chi connectivity index (χ0v) is 30.4. The number of amides is 3. The number of fused-ring (bicyclic) bond motifs is 1. The van der Waals surface area contributed by atoms with Crippen LogP contribution in [0.4, 0.5) is 0 Å². The van der Waals surface area contributed by atoms with Gasteiger partial charge in [-0.1, -0.05) is 88.3 Å². The molecule has 2 heterocycles. The van der Waals surface area contributed by atoms with Crippen LogP contribution in [0.25, 0.3) is 0 Å². The second kappa shape index (κ2) is 16.8. The van der Waals surface area contributed by atoms with E-state index in [0.29, 0.717) is 42.7 Å². The molecule has 3 amide bonds. The predicted octanol–water partition coefficient (Wildman–Crippen LogP) is 6.43. The van der Waals surface area contributed by atoms with E-state index >= 15 is 0 Å². The molecule has 1 N–H and O–H groups in total. The van der Waals surface area contributed by atoms with Gasteiger partial charge in [0.15, 0.2) is 0 Å². The van der Waals surface area contributed by atoms with Crippen LogP contribution in [0.1, 0.15) is 56.7 Å². The molecule has 51 heavy (non-hydrogen) atoms. The molecule has 0 unspecified atom stereocenters. The fourth-order valence-electron chi connectivity index (χ4n) is 6.77. The summed E-state index contributed by atoms with van der Waals surface area (Å²) in [6, 6.07) is 32.2. The van der Waals surface area contributed by atoms with Crippen molar-refractivity contribution in [1.29, 1.82) is 0 Å². The fourth-order valence-corrected chi connectivity index (χ4v) is 8.80. The van der Waals surface area contributed by atoms with E-state index in [1.165, 1.54) is 4.90 Å². The molecule has 2 aliphatic rings. The van der Waals surface area contributed by atoms with Gasteiger partial charge in [-0.25, -0.2) is 0 Å². The van der Waals surface area contributed by atoms with Gasteiger partial charge in [-0.2, -0.15) is 0 Å². The SMILES string of the molecule is COc1ccc(C(OC[C@@H]2C[C@@H](O)CN2C(=O)CCCSSCCN2C(=O)c3ccccc3C2=O)(c2ccccc2)c2ccc(OC)cc2)cc1. The third kappa shape index (κ3) is 7.97. The Balaban J connectivity index is 1.09. The Hall–Kier alpha value is -4.29. The molecule has 266 valence electrons. The van der Waals surface area contributed by atoms with Crippen LogP contribution in [0.5, 0.6) is 11.5 Å². The molecule has 2 atom stereocenters. The predicted molar refractivity (Wildman–Crippen MR) is 200 cm³/mol. The Kier molecular flexibility index (Phi) is 12.0. The van der Waals surface area contributed by atoms with Crippen LogP contribution < -0.4 is 9.47 Å². The van der Waals surface area contributed by atoms with E-state index in [1.807, 2.05) is 78.9 Å². The summed E-state index contributed by atoms with van der Waals surface area (Å²) in [4.78, 5) is 41.8. The Morgan fingerprint density at radius 1 is 0.765 bits per heavy atom. The molecule has 11 heteroatoms. The summed E-state index contributed by atoms with van der Waals surface area (Å²) in [5, 5.41) is 10.7. The highest BCUT2D eigenvalue weighted by Crippen LogP contribution is 2.42. The molecule has 9 nitrogen and oxygen atoms in total. The van der Waals surface area contributed by atoms with Crippen LogP contribution in [-0.4, -0.2) is 90.2 Å². The van der Waals surface area contributed by atoms with Gasteiger partial charge in [0.25, 0.3) is 11.8 Å². The summed E-state index contributed by atoms with van der Waals surface area (Å²) in [6.07, 6.45) is 0.790. The number of hydrogen-bond acceptors (Lipinski definition) is 9. The van der Waals surface area contributed by atoms with E-state index in [-0.39, 0.29) is 36.9 Å². The van der Waals surface area contributed by atoms with Gasteiger partial charge in [0.2, 0.25) is 5.91 Å². The minimum atomic E-state index is -1.02. The first kappa shape index (κ1) is 36.5. The first-order valence-electron chi connectivity index (χ1n) is 17.0. The van der Waals surface area contributed by atoms with Crippen molar-refractivity contribution in [2.45, 2.75) is 37.0 Å². The molecule has 1 fully saturated rings. The normalized spacial score (nSPS) is 17.2. The molecule has 4 aromatic rings. The highest BCUT2D eigenvalue weighted by Gasteiger charge is 2.41. The Morgan fingerprint density at radius 3 is 1.86 bits per heavy atom. The maximum atomic E-state index is 13.6. The Bertz CT molecular complexity index is 1720. The highest BCUT2D eigenvalue weighted by atomic mass is 33.1. The quantitative estimate of drug-likeness (QED) is 0.0606. The Morgan fingerprint density at radius 2 is 1.29 bits per heavy atom. The number of hydrogen-bond donors (Lipinski definition) is 1. The molecule has 4 aromatic carbocycles. The van der Waals surface area contributed by atoms with Crippen LogP contribution in [-0.2, 0) is 15.1 Å². The highest BCUT2D eigenvalue weighted by molar-refractivity contribution is 8.76. The lowest BCUT2D eigenvalue weighted by molar-refractivity contribution is -0.134. The van der Waals surface area contributed by atoms with Gasteiger partial charge in [-0.05, 0) is 65.9 Å². The van der Waals surface area contributed by atoms with Gasteiger partial charge in [0, 0.05) is 31.0 Å². The van der Waals surface area contributed by atoms with Gasteiger partial charge in [-0.15, -0.1) is 0 Å². The number of carbonyl (C=O) groups is 3. The number of likely N-dealkylation sites (tertiary alicyclic amines) is 1.